The van der Waals surface area contributed by atoms with E-state index < -0.39 is 0 Å². The number of thiophene rings is 1. The molecule has 2 rings (SSSR count). The largest absolute Gasteiger partial charge is 0.484 e. The van der Waals surface area contributed by atoms with Gasteiger partial charge in [0, 0.05) is 23.7 Å². The summed E-state index contributed by atoms with van der Waals surface area (Å²) in [4.78, 5) is 14.7. The Hall–Kier alpha value is -2.01. The Morgan fingerprint density at radius 2 is 2.21 bits per heavy atom. The zero-order chi connectivity index (χ0) is 13.7. The zero-order valence-corrected chi connectivity index (χ0v) is 11.5. The minimum Gasteiger partial charge on any atom is -0.484 e. The van der Waals surface area contributed by atoms with Gasteiger partial charge >= 0.3 is 0 Å². The summed E-state index contributed by atoms with van der Waals surface area (Å²) in [5, 5.41) is 2.00. The molecule has 0 saturated heterocycles. The summed E-state index contributed by atoms with van der Waals surface area (Å²) in [6, 6.07) is 11.0. The van der Waals surface area contributed by atoms with E-state index in [2.05, 4.69) is 0 Å². The Labute approximate surface area is 116 Å². The number of benzene rings is 1. The third-order valence-corrected chi connectivity index (χ3v) is 3.48. The van der Waals surface area contributed by atoms with Crippen molar-refractivity contribution in [3.8, 4) is 5.75 Å². The molecule has 100 valence electrons. The fraction of sp³-hybridized carbons (Fsp3) is 0.214. The van der Waals surface area contributed by atoms with Crippen LogP contribution >= 0.6 is 11.3 Å². The van der Waals surface area contributed by atoms with E-state index in [1.807, 2.05) is 17.5 Å². The normalized spacial score (nSPS) is 10.2. The highest BCUT2D eigenvalue weighted by Gasteiger charge is 2.10. The molecule has 4 nitrogen and oxygen atoms in total. The molecule has 0 atom stereocenters. The van der Waals surface area contributed by atoms with Crippen LogP contribution < -0.4 is 10.5 Å². The molecule has 0 saturated carbocycles. The monoisotopic (exact) mass is 276 g/mol. The Bertz CT molecular complexity index is 540. The first kappa shape index (κ1) is 13.4. The van der Waals surface area contributed by atoms with Crippen molar-refractivity contribution in [1.82, 2.24) is 4.90 Å². The molecule has 0 spiro atoms. The number of anilines is 1. The lowest BCUT2D eigenvalue weighted by Crippen LogP contribution is -2.30. The van der Waals surface area contributed by atoms with E-state index in [-0.39, 0.29) is 12.5 Å². The van der Waals surface area contributed by atoms with Crippen LogP contribution in [-0.4, -0.2) is 24.5 Å². The SMILES string of the molecule is CN(Cc1cccs1)C(=O)COc1cccc(N)c1. The van der Waals surface area contributed by atoms with Crippen molar-refractivity contribution < 1.29 is 9.53 Å². The Balaban J connectivity index is 1.84. The van der Waals surface area contributed by atoms with Crippen LogP contribution in [0.2, 0.25) is 0 Å². The van der Waals surface area contributed by atoms with Crippen LogP contribution in [0.4, 0.5) is 5.69 Å². The molecule has 2 aromatic rings. The van der Waals surface area contributed by atoms with Crippen molar-refractivity contribution in [2.75, 3.05) is 19.4 Å². The first-order chi connectivity index (χ1) is 9.15. The van der Waals surface area contributed by atoms with Crippen molar-refractivity contribution in [2.45, 2.75) is 6.54 Å². The van der Waals surface area contributed by atoms with Gasteiger partial charge in [-0.1, -0.05) is 12.1 Å². The lowest BCUT2D eigenvalue weighted by atomic mass is 10.3. The topological polar surface area (TPSA) is 55.6 Å². The molecule has 2 N–H and O–H groups in total. The number of hydrogen-bond donors (Lipinski definition) is 1. The lowest BCUT2D eigenvalue weighted by Gasteiger charge is -2.16. The van der Waals surface area contributed by atoms with Gasteiger partial charge in [0.25, 0.3) is 5.91 Å². The summed E-state index contributed by atoms with van der Waals surface area (Å²) in [6.45, 7) is 0.627. The number of likely N-dealkylation sites (N-methyl/N-ethyl adjacent to an activating group) is 1. The number of rotatable bonds is 5. The maximum absolute atomic E-state index is 11.9. The molecule has 5 heteroatoms. The molecule has 0 fully saturated rings. The van der Waals surface area contributed by atoms with Gasteiger partial charge in [-0.3, -0.25) is 4.79 Å². The van der Waals surface area contributed by atoms with Crippen LogP contribution in [-0.2, 0) is 11.3 Å². The van der Waals surface area contributed by atoms with Gasteiger partial charge in [-0.2, -0.15) is 0 Å². The number of ether oxygens (including phenoxy) is 1. The lowest BCUT2D eigenvalue weighted by molar-refractivity contribution is -0.132. The summed E-state index contributed by atoms with van der Waals surface area (Å²) < 4.78 is 5.42. The van der Waals surface area contributed by atoms with Crippen LogP contribution in [0.3, 0.4) is 0 Å². The van der Waals surface area contributed by atoms with Gasteiger partial charge < -0.3 is 15.4 Å². The van der Waals surface area contributed by atoms with Crippen LogP contribution in [0.1, 0.15) is 4.88 Å². The van der Waals surface area contributed by atoms with E-state index in [9.17, 15) is 4.79 Å². The van der Waals surface area contributed by atoms with Crippen molar-refractivity contribution in [2.24, 2.45) is 0 Å². The minimum absolute atomic E-state index is 0.0192. The highest BCUT2D eigenvalue weighted by atomic mass is 32.1. The van der Waals surface area contributed by atoms with E-state index in [1.165, 1.54) is 0 Å². The highest BCUT2D eigenvalue weighted by molar-refractivity contribution is 7.09. The van der Waals surface area contributed by atoms with Crippen molar-refractivity contribution in [3.05, 3.63) is 46.7 Å². The second-order valence-electron chi connectivity index (χ2n) is 4.19. The molecular formula is C14H16N2O2S. The number of amides is 1. The second kappa shape index (κ2) is 6.24. The van der Waals surface area contributed by atoms with E-state index in [0.717, 1.165) is 4.88 Å². The van der Waals surface area contributed by atoms with Gasteiger partial charge in [-0.15, -0.1) is 11.3 Å². The van der Waals surface area contributed by atoms with Crippen molar-refractivity contribution in [3.63, 3.8) is 0 Å². The number of nitrogens with zero attached hydrogens (tertiary/aromatic N) is 1. The van der Waals surface area contributed by atoms with Crippen LogP contribution in [0, 0.1) is 0 Å². The van der Waals surface area contributed by atoms with Gasteiger partial charge in [0.15, 0.2) is 6.61 Å². The van der Waals surface area contributed by atoms with Gasteiger partial charge in [0.05, 0.1) is 6.54 Å². The molecule has 19 heavy (non-hydrogen) atoms. The predicted molar refractivity (Wildman–Crippen MR) is 77.1 cm³/mol. The first-order valence-corrected chi connectivity index (χ1v) is 6.78. The van der Waals surface area contributed by atoms with Gasteiger partial charge in [0.1, 0.15) is 5.75 Å². The van der Waals surface area contributed by atoms with E-state index in [0.29, 0.717) is 18.0 Å². The Morgan fingerprint density at radius 3 is 2.89 bits per heavy atom. The van der Waals surface area contributed by atoms with Crippen LogP contribution in [0.15, 0.2) is 41.8 Å². The van der Waals surface area contributed by atoms with Gasteiger partial charge in [-0.25, -0.2) is 0 Å². The standard InChI is InChI=1S/C14H16N2O2S/c1-16(9-13-6-3-7-19-13)14(17)10-18-12-5-2-4-11(15)8-12/h2-8H,9-10,15H2,1H3. The molecule has 1 heterocycles. The number of carbonyl (C=O) groups is 1. The van der Waals surface area contributed by atoms with Gasteiger partial charge in [0.2, 0.25) is 0 Å². The smallest absolute Gasteiger partial charge is 0.260 e. The molecule has 0 radical (unpaired) electrons. The van der Waals surface area contributed by atoms with E-state index >= 15 is 0 Å². The first-order valence-electron chi connectivity index (χ1n) is 5.90. The summed E-state index contributed by atoms with van der Waals surface area (Å²) in [5.41, 5.74) is 6.26. The summed E-state index contributed by atoms with van der Waals surface area (Å²) >= 11 is 1.63. The Kier molecular flexibility index (Phi) is 4.41. The Morgan fingerprint density at radius 1 is 1.37 bits per heavy atom. The number of hydrogen-bond acceptors (Lipinski definition) is 4. The zero-order valence-electron chi connectivity index (χ0n) is 10.7. The van der Waals surface area contributed by atoms with Crippen molar-refractivity contribution >= 4 is 22.9 Å². The average Bonchev–Trinajstić information content (AvgIpc) is 2.89. The number of nitrogen functional groups attached to an aromatic ring is 1. The predicted octanol–water partition coefficient (Wildman–Crippen LogP) is 2.37. The molecule has 0 bridgehead atoms. The molecule has 0 unspecified atom stereocenters. The second-order valence-corrected chi connectivity index (χ2v) is 5.22. The quantitative estimate of drug-likeness (QED) is 0.853. The summed E-state index contributed by atoms with van der Waals surface area (Å²) in [5.74, 6) is 0.550. The molecule has 1 aromatic carbocycles. The summed E-state index contributed by atoms with van der Waals surface area (Å²) in [7, 11) is 1.77. The molecule has 0 aliphatic carbocycles. The minimum atomic E-state index is -0.0594. The fourth-order valence-electron chi connectivity index (χ4n) is 1.58. The maximum atomic E-state index is 11.9. The van der Waals surface area contributed by atoms with E-state index in [4.69, 9.17) is 10.5 Å². The molecule has 0 aliphatic rings. The summed E-state index contributed by atoms with van der Waals surface area (Å²) in [6.07, 6.45) is 0. The van der Waals surface area contributed by atoms with E-state index in [1.54, 1.807) is 47.5 Å². The molecule has 0 aliphatic heterocycles. The van der Waals surface area contributed by atoms with Crippen molar-refractivity contribution in [1.29, 1.82) is 0 Å². The molecule has 1 aromatic heterocycles. The third kappa shape index (κ3) is 3.99. The van der Waals surface area contributed by atoms with Gasteiger partial charge in [-0.05, 0) is 23.6 Å². The third-order valence-electron chi connectivity index (χ3n) is 2.62. The average molecular weight is 276 g/mol. The number of nitrogens with two attached hydrogens (primary N) is 1. The fourth-order valence-corrected chi connectivity index (χ4v) is 2.34. The van der Waals surface area contributed by atoms with Crippen LogP contribution in [0.25, 0.3) is 0 Å². The number of carbonyl (C=O) groups excluding carboxylic acids is 1. The highest BCUT2D eigenvalue weighted by Crippen LogP contribution is 2.15. The molecular weight excluding hydrogens is 260 g/mol. The molecule has 1 amide bonds. The maximum Gasteiger partial charge on any atom is 0.260 e. The van der Waals surface area contributed by atoms with Crippen LogP contribution in [0.5, 0.6) is 5.75 Å².